The molecule has 0 bridgehead atoms. The van der Waals surface area contributed by atoms with Crippen LogP contribution in [0.5, 0.6) is 0 Å². The Morgan fingerprint density at radius 3 is 2.68 bits per heavy atom. The summed E-state index contributed by atoms with van der Waals surface area (Å²) in [7, 11) is 0. The van der Waals surface area contributed by atoms with E-state index in [2.05, 4.69) is 21.0 Å². The van der Waals surface area contributed by atoms with Crippen molar-refractivity contribution in [2.45, 2.75) is 26.8 Å². The van der Waals surface area contributed by atoms with E-state index < -0.39 is 0 Å². The smallest absolute Gasteiger partial charge is 0.239 e. The van der Waals surface area contributed by atoms with Crippen molar-refractivity contribution in [1.29, 1.82) is 0 Å². The van der Waals surface area contributed by atoms with Crippen molar-refractivity contribution in [2.75, 3.05) is 4.90 Å². The maximum absolute atomic E-state index is 12.6. The van der Waals surface area contributed by atoms with Crippen molar-refractivity contribution in [1.82, 2.24) is 9.78 Å². The van der Waals surface area contributed by atoms with Gasteiger partial charge in [0.1, 0.15) is 0 Å². The van der Waals surface area contributed by atoms with Gasteiger partial charge in [0.25, 0.3) is 0 Å². The fraction of sp³-hybridized carbons (Fsp3) is 0.312. The van der Waals surface area contributed by atoms with Crippen LogP contribution in [0.25, 0.3) is 0 Å². The molecule has 2 aromatic rings. The highest BCUT2D eigenvalue weighted by molar-refractivity contribution is 9.10. The van der Waals surface area contributed by atoms with Gasteiger partial charge in [-0.3, -0.25) is 19.2 Å². The Balaban J connectivity index is 1.84. The van der Waals surface area contributed by atoms with Crippen LogP contribution in [0.3, 0.4) is 0 Å². The molecule has 0 spiro atoms. The number of hydrogen-bond acceptors (Lipinski definition) is 3. The van der Waals surface area contributed by atoms with E-state index in [4.69, 9.17) is 0 Å². The number of hydrogen-bond donors (Lipinski definition) is 0. The second-order valence-electron chi connectivity index (χ2n) is 5.56. The van der Waals surface area contributed by atoms with Gasteiger partial charge in [-0.1, -0.05) is 22.0 Å². The molecule has 2 heterocycles. The Hall–Kier alpha value is -1.95. The van der Waals surface area contributed by atoms with Crippen LogP contribution in [0.4, 0.5) is 5.69 Å². The third kappa shape index (κ3) is 2.70. The highest BCUT2D eigenvalue weighted by atomic mass is 79.9. The molecule has 1 saturated heterocycles. The molecular formula is C16H16BrN3O2. The van der Waals surface area contributed by atoms with Gasteiger partial charge in [0, 0.05) is 16.6 Å². The van der Waals surface area contributed by atoms with Gasteiger partial charge in [0.15, 0.2) is 0 Å². The monoisotopic (exact) mass is 361 g/mol. The van der Waals surface area contributed by atoms with Crippen LogP contribution in [0.2, 0.25) is 0 Å². The Kier molecular flexibility index (Phi) is 3.87. The number of halogens is 1. The van der Waals surface area contributed by atoms with Crippen LogP contribution in [-0.2, 0) is 16.1 Å². The average molecular weight is 362 g/mol. The quantitative estimate of drug-likeness (QED) is 0.789. The van der Waals surface area contributed by atoms with Gasteiger partial charge in [-0.15, -0.1) is 0 Å². The average Bonchev–Trinajstić information content (AvgIpc) is 2.90. The number of carbonyl (C=O) groups excluding carboxylic acids is 2. The Labute approximate surface area is 137 Å². The van der Waals surface area contributed by atoms with E-state index in [0.29, 0.717) is 12.2 Å². The molecule has 114 valence electrons. The molecule has 6 heteroatoms. The van der Waals surface area contributed by atoms with Crippen molar-refractivity contribution in [3.8, 4) is 0 Å². The highest BCUT2D eigenvalue weighted by Crippen LogP contribution is 2.29. The number of aromatic nitrogens is 2. The largest absolute Gasteiger partial charge is 0.274 e. The lowest BCUT2D eigenvalue weighted by molar-refractivity contribution is -0.122. The molecule has 1 aliphatic rings. The number of rotatable bonds is 3. The summed E-state index contributed by atoms with van der Waals surface area (Å²) in [5.74, 6) is -0.672. The molecule has 22 heavy (non-hydrogen) atoms. The topological polar surface area (TPSA) is 55.2 Å². The first-order valence-corrected chi connectivity index (χ1v) is 7.88. The molecule has 0 radical (unpaired) electrons. The van der Waals surface area contributed by atoms with E-state index in [1.54, 1.807) is 16.8 Å². The van der Waals surface area contributed by atoms with Gasteiger partial charge >= 0.3 is 0 Å². The molecule has 1 aromatic carbocycles. The Bertz CT molecular complexity index is 754. The molecule has 0 aliphatic carbocycles. The normalized spacial score (nSPS) is 18.3. The summed E-state index contributed by atoms with van der Waals surface area (Å²) in [6, 6.07) is 9.19. The summed E-state index contributed by atoms with van der Waals surface area (Å²) >= 11 is 3.37. The predicted octanol–water partition coefficient (Wildman–Crippen LogP) is 2.84. The van der Waals surface area contributed by atoms with E-state index in [1.165, 1.54) is 4.90 Å². The summed E-state index contributed by atoms with van der Waals surface area (Å²) in [5.41, 5.74) is 2.53. The molecule has 3 rings (SSSR count). The molecule has 0 unspecified atom stereocenters. The van der Waals surface area contributed by atoms with Crippen LogP contribution < -0.4 is 4.90 Å². The van der Waals surface area contributed by atoms with Gasteiger partial charge in [0.05, 0.1) is 23.8 Å². The van der Waals surface area contributed by atoms with E-state index in [9.17, 15) is 9.59 Å². The lowest BCUT2D eigenvalue weighted by Gasteiger charge is -2.15. The number of carbonyl (C=O) groups is 2. The van der Waals surface area contributed by atoms with Crippen molar-refractivity contribution < 1.29 is 9.59 Å². The third-order valence-corrected chi connectivity index (χ3v) is 4.30. The molecule has 2 amide bonds. The number of amides is 2. The minimum absolute atomic E-state index is 0.157. The van der Waals surface area contributed by atoms with Crippen LogP contribution in [-0.4, -0.2) is 21.6 Å². The SMILES string of the molecule is Cc1cc(C)n(C[C@H]2CC(=O)N(c3cccc(Br)c3)C2=O)n1. The zero-order valence-electron chi connectivity index (χ0n) is 12.4. The van der Waals surface area contributed by atoms with Crippen molar-refractivity contribution >= 4 is 33.4 Å². The molecule has 0 saturated carbocycles. The maximum Gasteiger partial charge on any atom is 0.239 e. The molecule has 1 atom stereocenters. The van der Waals surface area contributed by atoms with Crippen LogP contribution in [0.15, 0.2) is 34.8 Å². The molecule has 0 N–H and O–H groups in total. The standard InChI is InChI=1S/C16H16BrN3O2/c1-10-6-11(2)19(18-10)9-12-7-15(21)20(16(12)22)14-5-3-4-13(17)8-14/h3-6,8,12H,7,9H2,1-2H3/t12-/m1/s1. The second-order valence-corrected chi connectivity index (χ2v) is 6.47. The number of nitrogens with zero attached hydrogens (tertiary/aromatic N) is 3. The molecule has 1 aromatic heterocycles. The highest BCUT2D eigenvalue weighted by Gasteiger charge is 2.39. The van der Waals surface area contributed by atoms with Crippen LogP contribution in [0, 0.1) is 19.8 Å². The summed E-state index contributed by atoms with van der Waals surface area (Å²) in [4.78, 5) is 26.1. The number of anilines is 1. The van der Waals surface area contributed by atoms with Crippen molar-refractivity contribution in [3.63, 3.8) is 0 Å². The minimum Gasteiger partial charge on any atom is -0.274 e. The zero-order chi connectivity index (χ0) is 15.9. The van der Waals surface area contributed by atoms with E-state index >= 15 is 0 Å². The van der Waals surface area contributed by atoms with Gasteiger partial charge in [0.2, 0.25) is 11.8 Å². The third-order valence-electron chi connectivity index (χ3n) is 3.80. The lowest BCUT2D eigenvalue weighted by atomic mass is 10.1. The summed E-state index contributed by atoms with van der Waals surface area (Å²) in [5, 5.41) is 4.37. The predicted molar refractivity (Wildman–Crippen MR) is 86.4 cm³/mol. The summed E-state index contributed by atoms with van der Waals surface area (Å²) in [6.07, 6.45) is 0.226. The lowest BCUT2D eigenvalue weighted by Crippen LogP contribution is -2.31. The molecular weight excluding hydrogens is 346 g/mol. The van der Waals surface area contributed by atoms with E-state index in [0.717, 1.165) is 15.9 Å². The summed E-state index contributed by atoms with van der Waals surface area (Å²) < 4.78 is 2.64. The van der Waals surface area contributed by atoms with E-state index in [-0.39, 0.29) is 24.2 Å². The van der Waals surface area contributed by atoms with Crippen molar-refractivity contribution in [3.05, 3.63) is 46.2 Å². The Morgan fingerprint density at radius 1 is 1.27 bits per heavy atom. The first kappa shape index (κ1) is 15.0. The van der Waals surface area contributed by atoms with Gasteiger partial charge < -0.3 is 0 Å². The number of benzene rings is 1. The second kappa shape index (κ2) is 5.68. The van der Waals surface area contributed by atoms with Crippen LogP contribution in [0.1, 0.15) is 17.8 Å². The van der Waals surface area contributed by atoms with Gasteiger partial charge in [-0.25, -0.2) is 0 Å². The number of aryl methyl sites for hydroxylation is 2. The first-order valence-electron chi connectivity index (χ1n) is 7.09. The molecule has 5 nitrogen and oxygen atoms in total. The van der Waals surface area contributed by atoms with E-state index in [1.807, 2.05) is 32.0 Å². The molecule has 1 aliphatic heterocycles. The maximum atomic E-state index is 12.6. The summed E-state index contributed by atoms with van der Waals surface area (Å²) in [6.45, 7) is 4.31. The van der Waals surface area contributed by atoms with Gasteiger partial charge in [-0.2, -0.15) is 5.10 Å². The fourth-order valence-corrected chi connectivity index (χ4v) is 3.18. The van der Waals surface area contributed by atoms with Crippen LogP contribution >= 0.6 is 15.9 Å². The molecule has 1 fully saturated rings. The zero-order valence-corrected chi connectivity index (χ0v) is 14.0. The first-order chi connectivity index (χ1) is 10.5. The van der Waals surface area contributed by atoms with Gasteiger partial charge in [-0.05, 0) is 38.1 Å². The Morgan fingerprint density at radius 2 is 2.05 bits per heavy atom. The number of imide groups is 1. The minimum atomic E-state index is -0.357. The fourth-order valence-electron chi connectivity index (χ4n) is 2.79. The van der Waals surface area contributed by atoms with Crippen molar-refractivity contribution in [2.24, 2.45) is 5.92 Å².